The van der Waals surface area contributed by atoms with Gasteiger partial charge in [-0.05, 0) is 38.8 Å². The van der Waals surface area contributed by atoms with Gasteiger partial charge in [-0.15, -0.1) is 0 Å². The molecule has 1 saturated heterocycles. The van der Waals surface area contributed by atoms with E-state index >= 15 is 0 Å². The van der Waals surface area contributed by atoms with Crippen molar-refractivity contribution in [1.82, 2.24) is 9.21 Å². The fourth-order valence-corrected chi connectivity index (χ4v) is 5.25. The number of sulfonamides is 1. The lowest BCUT2D eigenvalue weighted by Gasteiger charge is -2.46. The number of hydrogen-bond donors (Lipinski definition) is 0. The Balaban J connectivity index is 1.89. The Labute approximate surface area is 158 Å². The molecule has 9 nitrogen and oxygen atoms in total. The number of carbonyl (C=O) groups is 1. The third kappa shape index (κ3) is 3.63. The summed E-state index contributed by atoms with van der Waals surface area (Å²) in [5.41, 5.74) is -1.23. The van der Waals surface area contributed by atoms with Crippen molar-refractivity contribution in [2.75, 3.05) is 26.7 Å². The van der Waals surface area contributed by atoms with Gasteiger partial charge in [0.2, 0.25) is 15.9 Å². The van der Waals surface area contributed by atoms with Crippen LogP contribution < -0.4 is 4.74 Å². The van der Waals surface area contributed by atoms with Gasteiger partial charge in [-0.1, -0.05) is 0 Å². The van der Waals surface area contributed by atoms with Crippen molar-refractivity contribution in [2.24, 2.45) is 5.92 Å². The van der Waals surface area contributed by atoms with Crippen LogP contribution in [0.2, 0.25) is 0 Å². The van der Waals surface area contributed by atoms with Gasteiger partial charge < -0.3 is 9.64 Å². The molecule has 0 aromatic heterocycles. The van der Waals surface area contributed by atoms with Crippen LogP contribution in [0, 0.1) is 16.0 Å². The Hall–Kier alpha value is -2.20. The first-order valence-electron chi connectivity index (χ1n) is 8.72. The lowest BCUT2D eigenvalue weighted by Crippen LogP contribution is -2.62. The molecule has 1 aliphatic carbocycles. The van der Waals surface area contributed by atoms with Crippen molar-refractivity contribution in [2.45, 2.75) is 37.1 Å². The lowest BCUT2D eigenvalue weighted by atomic mass is 10.0. The van der Waals surface area contributed by atoms with Crippen molar-refractivity contribution in [3.8, 4) is 5.75 Å². The predicted octanol–water partition coefficient (Wildman–Crippen LogP) is 1.62. The molecule has 0 bridgehead atoms. The highest BCUT2D eigenvalue weighted by Crippen LogP contribution is 2.36. The second-order valence-electron chi connectivity index (χ2n) is 7.51. The van der Waals surface area contributed by atoms with E-state index in [1.165, 1.54) is 23.5 Å². The Bertz CT molecular complexity index is 879. The van der Waals surface area contributed by atoms with Crippen LogP contribution in [-0.4, -0.2) is 60.7 Å². The third-order valence-electron chi connectivity index (χ3n) is 5.00. The second-order valence-corrected chi connectivity index (χ2v) is 9.38. The minimum absolute atomic E-state index is 0.00180. The van der Waals surface area contributed by atoms with Gasteiger partial charge in [0, 0.05) is 37.2 Å². The number of benzene rings is 1. The molecule has 0 N–H and O–H groups in total. The summed E-state index contributed by atoms with van der Waals surface area (Å²) in [5, 5.41) is 11.2. The van der Waals surface area contributed by atoms with Gasteiger partial charge in [0.1, 0.15) is 0 Å². The van der Waals surface area contributed by atoms with Gasteiger partial charge in [-0.25, -0.2) is 8.42 Å². The molecular weight excluding hydrogens is 374 g/mol. The van der Waals surface area contributed by atoms with Crippen molar-refractivity contribution in [3.63, 3.8) is 0 Å². The zero-order valence-corrected chi connectivity index (χ0v) is 16.4. The number of nitro benzene ring substituents is 1. The number of hydrogen-bond acceptors (Lipinski definition) is 6. The summed E-state index contributed by atoms with van der Waals surface area (Å²) in [4.78, 5) is 24.4. The third-order valence-corrected chi connectivity index (χ3v) is 7.11. The van der Waals surface area contributed by atoms with Gasteiger partial charge >= 0.3 is 5.69 Å². The molecule has 0 atom stereocenters. The van der Waals surface area contributed by atoms with E-state index in [-0.39, 0.29) is 29.0 Å². The van der Waals surface area contributed by atoms with E-state index in [2.05, 4.69) is 0 Å². The predicted molar refractivity (Wildman–Crippen MR) is 96.9 cm³/mol. The zero-order chi connectivity index (χ0) is 20.0. The maximum absolute atomic E-state index is 13.2. The Morgan fingerprint density at radius 1 is 1.30 bits per heavy atom. The largest absolute Gasteiger partial charge is 0.490 e. The fraction of sp³-hybridized carbons (Fsp3) is 0.588. The van der Waals surface area contributed by atoms with Crippen LogP contribution in [0.4, 0.5) is 5.69 Å². The van der Waals surface area contributed by atoms with E-state index in [0.29, 0.717) is 13.1 Å². The molecular formula is C17H23N3O6S. The van der Waals surface area contributed by atoms with E-state index in [0.717, 1.165) is 18.9 Å². The molecule has 1 aromatic carbocycles. The summed E-state index contributed by atoms with van der Waals surface area (Å²) in [6.07, 6.45) is 1.79. The van der Waals surface area contributed by atoms with Crippen molar-refractivity contribution >= 4 is 21.6 Å². The minimum Gasteiger partial charge on any atom is -0.490 e. The van der Waals surface area contributed by atoms with E-state index in [1.54, 1.807) is 18.7 Å². The number of amides is 1. The summed E-state index contributed by atoms with van der Waals surface area (Å²) in [7, 11) is -2.68. The highest BCUT2D eigenvalue weighted by molar-refractivity contribution is 7.89. The normalized spacial score (nSPS) is 20.3. The smallest absolute Gasteiger partial charge is 0.312 e. The molecule has 1 aromatic rings. The Kier molecular flexibility index (Phi) is 4.89. The van der Waals surface area contributed by atoms with Crippen LogP contribution in [0.3, 0.4) is 0 Å². The standard InChI is InChI=1S/C17H23N3O6S/c1-17(2)11-18(16(21)12-4-5-12)8-9-19(17)27(24,25)13-6-7-15(26-3)14(10-13)20(22)23/h6-7,10,12H,4-5,8-9,11H2,1-3H3. The summed E-state index contributed by atoms with van der Waals surface area (Å²) in [6, 6.07) is 3.61. The van der Waals surface area contributed by atoms with Gasteiger partial charge in [-0.2, -0.15) is 4.31 Å². The zero-order valence-electron chi connectivity index (χ0n) is 15.5. The average molecular weight is 397 g/mol. The highest BCUT2D eigenvalue weighted by atomic mass is 32.2. The van der Waals surface area contributed by atoms with E-state index in [9.17, 15) is 23.3 Å². The number of piperazine rings is 1. The molecule has 1 aliphatic heterocycles. The number of nitro groups is 1. The molecule has 27 heavy (non-hydrogen) atoms. The Morgan fingerprint density at radius 2 is 1.96 bits per heavy atom. The molecule has 2 fully saturated rings. The first kappa shape index (κ1) is 19.6. The van der Waals surface area contributed by atoms with Crippen LogP contribution >= 0.6 is 0 Å². The molecule has 0 radical (unpaired) electrons. The van der Waals surface area contributed by atoms with Gasteiger partial charge in [0.05, 0.1) is 16.9 Å². The Morgan fingerprint density at radius 3 is 2.48 bits per heavy atom. The number of carbonyl (C=O) groups excluding carboxylic acids is 1. The van der Waals surface area contributed by atoms with Crippen LogP contribution in [0.1, 0.15) is 26.7 Å². The molecule has 2 aliphatic rings. The van der Waals surface area contributed by atoms with Gasteiger partial charge in [0.25, 0.3) is 0 Å². The summed E-state index contributed by atoms with van der Waals surface area (Å²) < 4.78 is 32.6. The minimum atomic E-state index is -3.97. The number of ether oxygens (including phenoxy) is 1. The van der Waals surface area contributed by atoms with Crippen molar-refractivity contribution < 1.29 is 22.9 Å². The quantitative estimate of drug-likeness (QED) is 0.552. The van der Waals surface area contributed by atoms with Crippen LogP contribution in [0.15, 0.2) is 23.1 Å². The first-order valence-corrected chi connectivity index (χ1v) is 10.2. The molecule has 1 saturated carbocycles. The summed E-state index contributed by atoms with van der Waals surface area (Å²) in [5.74, 6) is 0.159. The van der Waals surface area contributed by atoms with Gasteiger partial charge in [0.15, 0.2) is 5.75 Å². The van der Waals surface area contributed by atoms with E-state index in [1.807, 2.05) is 0 Å². The van der Waals surface area contributed by atoms with Crippen LogP contribution in [-0.2, 0) is 14.8 Å². The number of nitrogens with zero attached hydrogens (tertiary/aromatic N) is 3. The molecule has 0 unspecified atom stereocenters. The number of methoxy groups -OCH3 is 1. The molecule has 1 heterocycles. The van der Waals surface area contributed by atoms with Crippen molar-refractivity contribution in [1.29, 1.82) is 0 Å². The second kappa shape index (κ2) is 6.75. The molecule has 0 spiro atoms. The molecule has 148 valence electrons. The molecule has 10 heteroatoms. The summed E-state index contributed by atoms with van der Waals surface area (Å²) >= 11 is 0. The maximum atomic E-state index is 13.2. The SMILES string of the molecule is COc1ccc(S(=O)(=O)N2CCN(C(=O)C3CC3)CC2(C)C)cc1[N+](=O)[O-]. The molecule has 3 rings (SSSR count). The number of rotatable bonds is 5. The van der Waals surface area contributed by atoms with Gasteiger partial charge in [-0.3, -0.25) is 14.9 Å². The van der Waals surface area contributed by atoms with Crippen LogP contribution in [0.25, 0.3) is 0 Å². The first-order chi connectivity index (χ1) is 12.6. The van der Waals surface area contributed by atoms with E-state index < -0.39 is 26.2 Å². The highest BCUT2D eigenvalue weighted by Gasteiger charge is 2.45. The monoisotopic (exact) mass is 397 g/mol. The molecule has 1 amide bonds. The average Bonchev–Trinajstić information content (AvgIpc) is 3.44. The lowest BCUT2D eigenvalue weighted by molar-refractivity contribution is -0.386. The maximum Gasteiger partial charge on any atom is 0.312 e. The summed E-state index contributed by atoms with van der Waals surface area (Å²) in [6.45, 7) is 4.27. The fourth-order valence-electron chi connectivity index (χ4n) is 3.46. The topological polar surface area (TPSA) is 110 Å². The van der Waals surface area contributed by atoms with Crippen LogP contribution in [0.5, 0.6) is 5.75 Å². The van der Waals surface area contributed by atoms with E-state index in [4.69, 9.17) is 4.74 Å². The van der Waals surface area contributed by atoms with Crippen molar-refractivity contribution in [3.05, 3.63) is 28.3 Å².